The summed E-state index contributed by atoms with van der Waals surface area (Å²) in [6.45, 7) is 27.3. The van der Waals surface area contributed by atoms with Crippen molar-refractivity contribution >= 4 is 12.2 Å². The van der Waals surface area contributed by atoms with Crippen LogP contribution in [0.25, 0.3) is 23.5 Å². The van der Waals surface area contributed by atoms with Gasteiger partial charge < -0.3 is 0 Å². The van der Waals surface area contributed by atoms with E-state index in [1.54, 1.807) is 0 Å². The molecule has 8 aromatic rings. The molecular weight excluding hydrogens is 961 g/mol. The zero-order chi connectivity index (χ0) is 54.4. The molecule has 6 aromatic carbocycles. The Morgan fingerprint density at radius 1 is 0.410 bits per heavy atom. The van der Waals surface area contributed by atoms with Crippen LogP contribution in [0.5, 0.6) is 0 Å². The first-order chi connectivity index (χ1) is 38.0. The molecule has 12 nitrogen and oxygen atoms in total. The third-order valence-electron chi connectivity index (χ3n) is 15.1. The molecule has 2 saturated heterocycles. The first kappa shape index (κ1) is 55.5. The van der Waals surface area contributed by atoms with Crippen molar-refractivity contribution in [2.24, 2.45) is 11.8 Å². The van der Waals surface area contributed by atoms with Crippen LogP contribution in [0, 0.1) is 39.5 Å². The minimum absolute atomic E-state index is 0.0193. The van der Waals surface area contributed by atoms with E-state index in [0.717, 1.165) is 101 Å². The Morgan fingerprint density at radius 2 is 0.756 bits per heavy atom. The Morgan fingerprint density at radius 3 is 1.09 bits per heavy atom. The molecule has 2 aliphatic heterocycles. The summed E-state index contributed by atoms with van der Waals surface area (Å²) < 4.78 is 3.93. The van der Waals surface area contributed by atoms with Crippen LogP contribution in [-0.4, -0.2) is 125 Å². The van der Waals surface area contributed by atoms with E-state index in [2.05, 4.69) is 276 Å². The van der Waals surface area contributed by atoms with E-state index in [-0.39, 0.29) is 12.1 Å². The molecule has 0 saturated carbocycles. The Kier molecular flexibility index (Phi) is 19.2. The summed E-state index contributed by atoms with van der Waals surface area (Å²) >= 11 is 0. The van der Waals surface area contributed by atoms with Gasteiger partial charge in [0.1, 0.15) is 0 Å². The summed E-state index contributed by atoms with van der Waals surface area (Å²) in [4.78, 5) is 10.1. The van der Waals surface area contributed by atoms with Gasteiger partial charge in [0.25, 0.3) is 0 Å². The van der Waals surface area contributed by atoms with Gasteiger partial charge in [0.15, 0.2) is 11.6 Å². The number of tetrazole rings is 2. The Hall–Kier alpha value is -7.22. The minimum atomic E-state index is -0.0193. The van der Waals surface area contributed by atoms with Gasteiger partial charge in [-0.05, 0) is 129 Å². The van der Waals surface area contributed by atoms with Gasteiger partial charge in [0.2, 0.25) is 0 Å². The summed E-state index contributed by atoms with van der Waals surface area (Å²) in [7, 11) is 0. The molecule has 0 radical (unpaired) electrons. The third-order valence-corrected chi connectivity index (χ3v) is 15.1. The molecule has 10 rings (SSSR count). The van der Waals surface area contributed by atoms with Gasteiger partial charge in [-0.25, -0.2) is 0 Å². The van der Waals surface area contributed by atoms with E-state index in [0.29, 0.717) is 11.8 Å². The number of aryl methyl sites for hydroxylation is 4. The zero-order valence-corrected chi connectivity index (χ0v) is 47.3. The summed E-state index contributed by atoms with van der Waals surface area (Å²) in [6.07, 6.45) is 11.1. The topological polar surface area (TPSA) is 100 Å². The van der Waals surface area contributed by atoms with E-state index >= 15 is 0 Å². The largest absolute Gasteiger partial charge is 0.297 e. The molecule has 2 fully saturated rings. The molecule has 78 heavy (non-hydrogen) atoms. The molecule has 2 aromatic heterocycles. The number of hydrogen-bond donors (Lipinski definition) is 0. The molecule has 0 spiro atoms. The van der Waals surface area contributed by atoms with Gasteiger partial charge in [-0.1, -0.05) is 198 Å². The predicted octanol–water partition coefficient (Wildman–Crippen LogP) is 11.8. The fourth-order valence-corrected chi connectivity index (χ4v) is 11.2. The molecule has 0 unspecified atom stereocenters. The molecule has 0 amide bonds. The maximum atomic E-state index is 4.64. The second kappa shape index (κ2) is 26.9. The highest BCUT2D eigenvalue weighted by molar-refractivity contribution is 5.51. The van der Waals surface area contributed by atoms with Gasteiger partial charge in [-0.2, -0.15) is 9.36 Å². The predicted molar refractivity (Wildman–Crippen MR) is 318 cm³/mol. The standard InChI is InChI=1S/2C33H40N6/c2*1-25(2)24-29-15-17-30(18-16-29)32(33-34-35-36-39(33)31-26(3)10-8-11-27(31)4)38-22-20-37(21-23-38)19-9-14-28-12-6-5-7-13-28/h2*5-18,25,32H,19-24H2,1-4H3/b2*14-9+/t2*32-/m10/s1. The minimum Gasteiger partial charge on any atom is -0.297 e. The molecule has 2 aliphatic rings. The van der Waals surface area contributed by atoms with Crippen LogP contribution in [0.1, 0.15) is 107 Å². The summed E-state index contributed by atoms with van der Waals surface area (Å²) in [5, 5.41) is 26.6. The Balaban J connectivity index is 0.000000190. The number of piperazine rings is 2. The van der Waals surface area contributed by atoms with Gasteiger partial charge >= 0.3 is 0 Å². The molecule has 12 heteroatoms. The Labute approximate surface area is 464 Å². The number of benzene rings is 6. The number of nitrogens with zero attached hydrogens (tertiary/aromatic N) is 12. The van der Waals surface area contributed by atoms with Crippen molar-refractivity contribution in [3.8, 4) is 11.4 Å². The van der Waals surface area contributed by atoms with Crippen LogP contribution >= 0.6 is 0 Å². The van der Waals surface area contributed by atoms with Crippen LogP contribution in [0.2, 0.25) is 0 Å². The van der Waals surface area contributed by atoms with Crippen molar-refractivity contribution in [2.75, 3.05) is 65.4 Å². The SMILES string of the molecule is Cc1cccc(C)c1-n1nnnc1[C@@H](c1ccc(CC(C)C)cc1)N1CCN(C/C=C/c2ccccc2)CC1.Cc1cccc(C)c1-n1nnnc1[C@H](c1ccc(CC(C)C)cc1)N1CCN(C/C=C/c2ccccc2)CC1. The highest BCUT2D eigenvalue weighted by Crippen LogP contribution is 2.33. The van der Waals surface area contributed by atoms with E-state index in [1.165, 1.54) is 55.6 Å². The zero-order valence-electron chi connectivity index (χ0n) is 47.3. The molecule has 0 bridgehead atoms. The van der Waals surface area contributed by atoms with Crippen LogP contribution in [0.15, 0.2) is 158 Å². The van der Waals surface area contributed by atoms with Gasteiger partial charge in [0, 0.05) is 65.4 Å². The molecular formula is C66H80N12. The summed E-state index contributed by atoms with van der Waals surface area (Å²) in [5.41, 5.74) is 14.5. The lowest BCUT2D eigenvalue weighted by Crippen LogP contribution is -2.48. The quantitative estimate of drug-likeness (QED) is 0.0826. The third kappa shape index (κ3) is 14.3. The molecule has 2 atom stereocenters. The number of aromatic nitrogens is 8. The van der Waals surface area contributed by atoms with Crippen molar-refractivity contribution in [1.82, 2.24) is 60.0 Å². The summed E-state index contributed by atoms with van der Waals surface area (Å²) in [6, 6.07) is 51.9. The van der Waals surface area contributed by atoms with Crippen molar-refractivity contribution in [3.63, 3.8) is 0 Å². The number of hydrogen-bond acceptors (Lipinski definition) is 10. The lowest BCUT2D eigenvalue weighted by atomic mass is 9.97. The van der Waals surface area contributed by atoms with E-state index in [1.807, 2.05) is 9.36 Å². The fraction of sp³-hybridized carbons (Fsp3) is 0.364. The summed E-state index contributed by atoms with van der Waals surface area (Å²) in [5.74, 6) is 3.02. The second-order valence-corrected chi connectivity index (χ2v) is 22.2. The van der Waals surface area contributed by atoms with Gasteiger partial charge in [-0.15, -0.1) is 10.2 Å². The fourth-order valence-electron chi connectivity index (χ4n) is 11.2. The van der Waals surface area contributed by atoms with Crippen LogP contribution in [0.3, 0.4) is 0 Å². The first-order valence-electron chi connectivity index (χ1n) is 28.2. The van der Waals surface area contributed by atoms with E-state index < -0.39 is 0 Å². The van der Waals surface area contributed by atoms with Gasteiger partial charge in [-0.3, -0.25) is 19.6 Å². The van der Waals surface area contributed by atoms with E-state index in [4.69, 9.17) is 0 Å². The maximum Gasteiger partial charge on any atom is 0.178 e. The monoisotopic (exact) mass is 1040 g/mol. The Bertz CT molecular complexity index is 2900. The van der Waals surface area contributed by atoms with Crippen LogP contribution < -0.4 is 0 Å². The van der Waals surface area contributed by atoms with E-state index in [9.17, 15) is 0 Å². The van der Waals surface area contributed by atoms with Crippen LogP contribution in [0.4, 0.5) is 0 Å². The second-order valence-electron chi connectivity index (χ2n) is 22.2. The van der Waals surface area contributed by atoms with Crippen molar-refractivity contribution < 1.29 is 0 Å². The normalized spacial score (nSPS) is 15.8. The van der Waals surface area contributed by atoms with Crippen molar-refractivity contribution in [3.05, 3.63) is 225 Å². The van der Waals surface area contributed by atoms with Crippen molar-refractivity contribution in [1.29, 1.82) is 0 Å². The molecule has 0 N–H and O–H groups in total. The molecule has 4 heterocycles. The van der Waals surface area contributed by atoms with Gasteiger partial charge in [0.05, 0.1) is 23.5 Å². The van der Waals surface area contributed by atoms with Crippen molar-refractivity contribution in [2.45, 2.75) is 80.3 Å². The smallest absolute Gasteiger partial charge is 0.178 e. The van der Waals surface area contributed by atoms with Crippen LogP contribution in [-0.2, 0) is 12.8 Å². The highest BCUT2D eigenvalue weighted by atomic mass is 15.6. The average molecular weight is 1040 g/mol. The number of rotatable bonds is 18. The average Bonchev–Trinajstić information content (AvgIpc) is 4.27. The number of para-hydroxylation sites is 2. The maximum absolute atomic E-state index is 4.64. The molecule has 404 valence electrons. The lowest BCUT2D eigenvalue weighted by molar-refractivity contribution is 0.113. The lowest BCUT2D eigenvalue weighted by Gasteiger charge is -2.38. The molecule has 0 aliphatic carbocycles. The first-order valence-corrected chi connectivity index (χ1v) is 28.2. The highest BCUT2D eigenvalue weighted by Gasteiger charge is 2.33.